The highest BCUT2D eigenvalue weighted by atomic mass is 16.8. The average Bonchev–Trinajstić information content (AvgIpc) is 3.02. The van der Waals surface area contributed by atoms with E-state index in [1.807, 2.05) is 0 Å². The summed E-state index contributed by atoms with van der Waals surface area (Å²) in [6, 6.07) is -2.91. The van der Waals surface area contributed by atoms with Crippen molar-refractivity contribution < 1.29 is 88.7 Å². The molecule has 11 N–H and O–H groups in total. The molecule has 4 fully saturated rings. The van der Waals surface area contributed by atoms with Crippen LogP contribution in [0.1, 0.15) is 34.1 Å². The molecular formula is C28H48N2O18. The molecule has 4 aliphatic rings. The predicted octanol–water partition coefficient (Wildman–Crippen LogP) is -6.38. The third-order valence-corrected chi connectivity index (χ3v) is 8.81. The van der Waals surface area contributed by atoms with Gasteiger partial charge in [-0.2, -0.15) is 0 Å². The Hall–Kier alpha value is -1.70. The van der Waals surface area contributed by atoms with Gasteiger partial charge < -0.3 is 89.8 Å². The standard InChI is InChI=1S/C28H48N2O18/c1-8-12(35)5-13(36)26(42-8)47-23-17(30-11(4)34)27(45-14(6-31)19(23)38)46-22-15(7-32)44-25(41)16(29-10(3)33)24(22)48-28-21(40)20(39)18(37)9(2)43-28/h8-9,12-28,31-32,35-41H,5-7H2,1-4H3,(H,29,33)(H,30,34)/t8-,9+,12+,13+,14-,15-,16-,17-,18-,19+,20-,21+,22-,23-,24-,25-,26+,27+,28+/m1/s1. The maximum atomic E-state index is 12.4. The molecule has 0 radical (unpaired) electrons. The molecule has 0 unspecified atom stereocenters. The Morgan fingerprint density at radius 1 is 0.604 bits per heavy atom. The van der Waals surface area contributed by atoms with E-state index in [-0.39, 0.29) is 6.42 Å². The van der Waals surface area contributed by atoms with Crippen molar-refractivity contribution >= 4 is 11.8 Å². The van der Waals surface area contributed by atoms with Gasteiger partial charge in [-0.3, -0.25) is 9.59 Å². The van der Waals surface area contributed by atoms with Gasteiger partial charge in [-0.15, -0.1) is 0 Å². The summed E-state index contributed by atoms with van der Waals surface area (Å²) in [5.41, 5.74) is 0. The van der Waals surface area contributed by atoms with Crippen molar-refractivity contribution in [2.45, 2.75) is 151 Å². The zero-order valence-corrected chi connectivity index (χ0v) is 26.8. The molecule has 278 valence electrons. The molecule has 0 aromatic carbocycles. The molecule has 0 aromatic heterocycles. The van der Waals surface area contributed by atoms with Crippen molar-refractivity contribution in [3.63, 3.8) is 0 Å². The first-order valence-electron chi connectivity index (χ1n) is 15.7. The van der Waals surface area contributed by atoms with E-state index in [4.69, 9.17) is 33.2 Å². The Balaban J connectivity index is 1.70. The van der Waals surface area contributed by atoms with Crippen LogP contribution in [0, 0.1) is 0 Å². The minimum atomic E-state index is -1.84. The monoisotopic (exact) mass is 700 g/mol. The molecule has 4 aliphatic heterocycles. The lowest BCUT2D eigenvalue weighted by atomic mass is 9.93. The third kappa shape index (κ3) is 8.60. The quantitative estimate of drug-likeness (QED) is 0.101. The Morgan fingerprint density at radius 3 is 1.77 bits per heavy atom. The molecule has 0 saturated carbocycles. The van der Waals surface area contributed by atoms with Crippen molar-refractivity contribution in [3.8, 4) is 0 Å². The van der Waals surface area contributed by atoms with E-state index in [2.05, 4.69) is 10.6 Å². The number of nitrogens with one attached hydrogen (secondary N) is 2. The lowest BCUT2D eigenvalue weighted by Crippen LogP contribution is -2.71. The second kappa shape index (κ2) is 16.5. The van der Waals surface area contributed by atoms with Gasteiger partial charge in [-0.05, 0) is 13.8 Å². The van der Waals surface area contributed by atoms with Gasteiger partial charge in [0.2, 0.25) is 11.8 Å². The van der Waals surface area contributed by atoms with Crippen LogP contribution in [0.15, 0.2) is 0 Å². The normalized spacial score (nSPS) is 48.5. The van der Waals surface area contributed by atoms with Crippen molar-refractivity contribution in [2.75, 3.05) is 13.2 Å². The molecule has 4 heterocycles. The van der Waals surface area contributed by atoms with E-state index in [1.54, 1.807) is 0 Å². The van der Waals surface area contributed by atoms with E-state index in [0.29, 0.717) is 0 Å². The van der Waals surface area contributed by atoms with Crippen molar-refractivity contribution in [1.82, 2.24) is 10.6 Å². The first-order valence-corrected chi connectivity index (χ1v) is 15.7. The van der Waals surface area contributed by atoms with Crippen LogP contribution < -0.4 is 10.6 Å². The van der Waals surface area contributed by atoms with Crippen LogP contribution in [-0.4, -0.2) is 188 Å². The second-order valence-corrected chi connectivity index (χ2v) is 12.5. The van der Waals surface area contributed by atoms with Crippen LogP contribution in [0.2, 0.25) is 0 Å². The maximum Gasteiger partial charge on any atom is 0.217 e. The minimum Gasteiger partial charge on any atom is -0.394 e. The Kier molecular flexibility index (Phi) is 13.5. The predicted molar refractivity (Wildman–Crippen MR) is 153 cm³/mol. The van der Waals surface area contributed by atoms with E-state index in [9.17, 15) is 55.5 Å². The lowest BCUT2D eigenvalue weighted by molar-refractivity contribution is -0.369. The number of rotatable bonds is 10. The topological polar surface area (TPSA) is 305 Å². The lowest BCUT2D eigenvalue weighted by Gasteiger charge is -2.50. The van der Waals surface area contributed by atoms with Crippen LogP contribution in [0.5, 0.6) is 0 Å². The molecule has 20 heteroatoms. The third-order valence-electron chi connectivity index (χ3n) is 8.81. The molecule has 0 aromatic rings. The van der Waals surface area contributed by atoms with Gasteiger partial charge in [0.1, 0.15) is 73.1 Å². The van der Waals surface area contributed by atoms with Crippen LogP contribution in [0.3, 0.4) is 0 Å². The molecule has 4 saturated heterocycles. The van der Waals surface area contributed by atoms with Crippen molar-refractivity contribution in [3.05, 3.63) is 0 Å². The molecule has 0 aliphatic carbocycles. The van der Waals surface area contributed by atoms with Gasteiger partial charge in [0.15, 0.2) is 25.2 Å². The zero-order chi connectivity index (χ0) is 35.6. The highest BCUT2D eigenvalue weighted by Crippen LogP contribution is 2.34. The van der Waals surface area contributed by atoms with Crippen LogP contribution in [0.25, 0.3) is 0 Å². The molecular weight excluding hydrogens is 652 g/mol. The number of hydrogen-bond donors (Lipinski definition) is 11. The van der Waals surface area contributed by atoms with E-state index in [1.165, 1.54) is 13.8 Å². The summed E-state index contributed by atoms with van der Waals surface area (Å²) >= 11 is 0. The second-order valence-electron chi connectivity index (χ2n) is 12.5. The smallest absolute Gasteiger partial charge is 0.217 e. The average molecular weight is 701 g/mol. The molecule has 48 heavy (non-hydrogen) atoms. The van der Waals surface area contributed by atoms with E-state index >= 15 is 0 Å². The number of aliphatic hydroxyl groups is 9. The summed E-state index contributed by atoms with van der Waals surface area (Å²) in [5, 5.41) is 99.2. The Bertz CT molecular complexity index is 1080. The summed E-state index contributed by atoms with van der Waals surface area (Å²) in [7, 11) is 0. The number of hydrogen-bond acceptors (Lipinski definition) is 18. The van der Waals surface area contributed by atoms with Gasteiger partial charge in [0.25, 0.3) is 0 Å². The van der Waals surface area contributed by atoms with Gasteiger partial charge in [-0.25, -0.2) is 0 Å². The zero-order valence-electron chi connectivity index (χ0n) is 26.8. The molecule has 0 bridgehead atoms. The van der Waals surface area contributed by atoms with E-state index in [0.717, 1.165) is 13.8 Å². The van der Waals surface area contributed by atoms with Gasteiger partial charge >= 0.3 is 0 Å². The highest BCUT2D eigenvalue weighted by Gasteiger charge is 2.55. The SMILES string of the molecule is CC(=O)N[C@@H]1[C@@H](O[C@@H]2O[C@@H](C)[C@@H](O)[C@@H](O)[C@@H]2O)[C@H](O[C@@H]2O[C@H](CO)[C@H](O)[C@H](O[C@@H]3O[C@H](C)[C@@H](O)C[C@@H]3O)[C@H]2NC(C)=O)[C@@H](CO)O[C@H]1O. The van der Waals surface area contributed by atoms with Gasteiger partial charge in [-0.1, -0.05) is 0 Å². The molecule has 0 spiro atoms. The first kappa shape index (κ1) is 39.1. The fraction of sp³-hybridized carbons (Fsp3) is 0.929. The van der Waals surface area contributed by atoms with E-state index < -0.39 is 142 Å². The number of ether oxygens (including phenoxy) is 7. The minimum absolute atomic E-state index is 0.137. The van der Waals surface area contributed by atoms with Crippen LogP contribution in [-0.2, 0) is 42.7 Å². The molecule has 20 nitrogen and oxygen atoms in total. The fourth-order valence-corrected chi connectivity index (χ4v) is 6.17. The fourth-order valence-electron chi connectivity index (χ4n) is 6.17. The summed E-state index contributed by atoms with van der Waals surface area (Å²) < 4.78 is 40.7. The molecule has 4 rings (SSSR count). The van der Waals surface area contributed by atoms with Crippen LogP contribution >= 0.6 is 0 Å². The molecule has 19 atom stereocenters. The van der Waals surface area contributed by atoms with Crippen molar-refractivity contribution in [2.24, 2.45) is 0 Å². The summed E-state index contributed by atoms with van der Waals surface area (Å²) in [4.78, 5) is 24.6. The number of amides is 2. The summed E-state index contributed by atoms with van der Waals surface area (Å²) in [5.74, 6) is -1.33. The van der Waals surface area contributed by atoms with Crippen LogP contribution in [0.4, 0.5) is 0 Å². The van der Waals surface area contributed by atoms with Gasteiger partial charge in [0, 0.05) is 20.3 Å². The number of carbonyl (C=O) groups is 2. The Labute approximate surface area is 275 Å². The maximum absolute atomic E-state index is 12.4. The molecule has 2 amide bonds. The van der Waals surface area contributed by atoms with Crippen molar-refractivity contribution in [1.29, 1.82) is 0 Å². The Morgan fingerprint density at radius 2 is 1.17 bits per heavy atom. The summed E-state index contributed by atoms with van der Waals surface area (Å²) in [6.07, 6.45) is -25.2. The van der Waals surface area contributed by atoms with Gasteiger partial charge in [0.05, 0.1) is 31.5 Å². The highest BCUT2D eigenvalue weighted by molar-refractivity contribution is 5.73. The number of aliphatic hydroxyl groups excluding tert-OH is 9. The number of carbonyl (C=O) groups excluding carboxylic acids is 2. The summed E-state index contributed by atoms with van der Waals surface area (Å²) in [6.45, 7) is 3.57. The first-order chi connectivity index (χ1) is 22.6. The largest absolute Gasteiger partial charge is 0.394 e.